The van der Waals surface area contributed by atoms with Crippen molar-refractivity contribution in [2.45, 2.75) is 26.3 Å². The quantitative estimate of drug-likeness (QED) is 0.842. The van der Waals surface area contributed by atoms with Crippen LogP contribution in [0.25, 0.3) is 0 Å². The van der Waals surface area contributed by atoms with Gasteiger partial charge in [0.15, 0.2) is 6.61 Å². The van der Waals surface area contributed by atoms with Crippen molar-refractivity contribution in [2.75, 3.05) is 6.61 Å². The first kappa shape index (κ1) is 13.0. The third kappa shape index (κ3) is 4.56. The molecule has 0 spiro atoms. The Bertz CT molecular complexity index is 406. The van der Waals surface area contributed by atoms with Gasteiger partial charge in [0, 0.05) is 6.04 Å². The summed E-state index contributed by atoms with van der Waals surface area (Å²) in [6.07, 6.45) is 0.891. The van der Waals surface area contributed by atoms with Crippen LogP contribution in [-0.2, 0) is 4.79 Å². The normalized spacial score (nSPS) is 11.4. The topological polar surface area (TPSA) is 62.1 Å². The summed E-state index contributed by atoms with van der Waals surface area (Å²) in [7, 11) is 0. The van der Waals surface area contributed by atoms with Crippen molar-refractivity contribution in [2.24, 2.45) is 0 Å². The molecule has 0 saturated heterocycles. The lowest BCUT2D eigenvalue weighted by Crippen LogP contribution is -2.35. The van der Waals surface area contributed by atoms with E-state index in [4.69, 9.17) is 10.00 Å². The van der Waals surface area contributed by atoms with E-state index in [9.17, 15) is 4.79 Å². The second-order valence-corrected chi connectivity index (χ2v) is 3.80. The number of benzene rings is 1. The van der Waals surface area contributed by atoms with Gasteiger partial charge < -0.3 is 10.1 Å². The lowest BCUT2D eigenvalue weighted by Gasteiger charge is -2.11. The van der Waals surface area contributed by atoms with Gasteiger partial charge in [-0.05, 0) is 37.6 Å². The Morgan fingerprint density at radius 3 is 2.65 bits per heavy atom. The Hall–Kier alpha value is -2.02. The number of carbonyl (C=O) groups is 1. The molecule has 0 aliphatic heterocycles. The summed E-state index contributed by atoms with van der Waals surface area (Å²) in [6, 6.07) is 8.84. The van der Waals surface area contributed by atoms with Crippen LogP contribution in [0.5, 0.6) is 5.75 Å². The lowest BCUT2D eigenvalue weighted by molar-refractivity contribution is -0.123. The summed E-state index contributed by atoms with van der Waals surface area (Å²) in [5.74, 6) is 0.451. The van der Waals surface area contributed by atoms with E-state index in [-0.39, 0.29) is 18.6 Å². The zero-order valence-electron chi connectivity index (χ0n) is 10.1. The molecule has 0 aliphatic rings. The van der Waals surface area contributed by atoms with Gasteiger partial charge in [-0.1, -0.05) is 6.92 Å². The van der Waals surface area contributed by atoms with Crippen LogP contribution >= 0.6 is 0 Å². The van der Waals surface area contributed by atoms with E-state index in [1.165, 1.54) is 0 Å². The van der Waals surface area contributed by atoms with Crippen molar-refractivity contribution in [3.63, 3.8) is 0 Å². The van der Waals surface area contributed by atoms with Crippen LogP contribution in [0.1, 0.15) is 25.8 Å². The zero-order chi connectivity index (χ0) is 12.7. The van der Waals surface area contributed by atoms with Crippen LogP contribution in [0.2, 0.25) is 0 Å². The van der Waals surface area contributed by atoms with Crippen molar-refractivity contribution in [3.05, 3.63) is 29.8 Å². The smallest absolute Gasteiger partial charge is 0.258 e. The second-order valence-electron chi connectivity index (χ2n) is 3.80. The Kier molecular flexibility index (Phi) is 5.02. The van der Waals surface area contributed by atoms with Crippen LogP contribution in [0.4, 0.5) is 0 Å². The Morgan fingerprint density at radius 1 is 1.47 bits per heavy atom. The van der Waals surface area contributed by atoms with Gasteiger partial charge in [0.1, 0.15) is 5.75 Å². The fraction of sp³-hybridized carbons (Fsp3) is 0.385. The van der Waals surface area contributed by atoms with E-state index in [0.717, 1.165) is 6.42 Å². The third-order valence-corrected chi connectivity index (χ3v) is 2.37. The number of amides is 1. The van der Waals surface area contributed by atoms with Gasteiger partial charge in [0.05, 0.1) is 11.6 Å². The van der Waals surface area contributed by atoms with Gasteiger partial charge in [0.25, 0.3) is 5.91 Å². The molecule has 17 heavy (non-hydrogen) atoms. The van der Waals surface area contributed by atoms with Crippen molar-refractivity contribution >= 4 is 5.91 Å². The maximum atomic E-state index is 11.4. The maximum absolute atomic E-state index is 11.4. The SMILES string of the molecule is CC[C@H](C)NC(=O)COc1ccc(C#N)cc1. The molecule has 0 aromatic heterocycles. The van der Waals surface area contributed by atoms with Crippen LogP contribution in [-0.4, -0.2) is 18.6 Å². The summed E-state index contributed by atoms with van der Waals surface area (Å²) in [4.78, 5) is 11.4. The van der Waals surface area contributed by atoms with E-state index < -0.39 is 0 Å². The standard InChI is InChI=1S/C13H16N2O2/c1-3-10(2)15-13(16)9-17-12-6-4-11(8-14)5-7-12/h4-7,10H,3,9H2,1-2H3,(H,15,16)/t10-/m0/s1. The van der Waals surface area contributed by atoms with Crippen molar-refractivity contribution in [3.8, 4) is 11.8 Å². The van der Waals surface area contributed by atoms with Crippen molar-refractivity contribution in [1.82, 2.24) is 5.32 Å². The summed E-state index contributed by atoms with van der Waals surface area (Å²) in [5, 5.41) is 11.4. The molecule has 0 saturated carbocycles. The fourth-order valence-corrected chi connectivity index (χ4v) is 1.19. The van der Waals surface area contributed by atoms with Crippen LogP contribution < -0.4 is 10.1 Å². The molecule has 1 N–H and O–H groups in total. The lowest BCUT2D eigenvalue weighted by atomic mass is 10.2. The zero-order valence-corrected chi connectivity index (χ0v) is 10.1. The van der Waals surface area contributed by atoms with Crippen molar-refractivity contribution < 1.29 is 9.53 Å². The number of rotatable bonds is 5. The molecule has 90 valence electrons. The monoisotopic (exact) mass is 232 g/mol. The molecule has 0 radical (unpaired) electrons. The highest BCUT2D eigenvalue weighted by molar-refractivity contribution is 5.77. The van der Waals surface area contributed by atoms with Gasteiger partial charge >= 0.3 is 0 Å². The Morgan fingerprint density at radius 2 is 2.12 bits per heavy atom. The van der Waals surface area contributed by atoms with Crippen LogP contribution in [0, 0.1) is 11.3 Å². The molecule has 0 heterocycles. The molecule has 1 rings (SSSR count). The molecular formula is C13H16N2O2. The fourth-order valence-electron chi connectivity index (χ4n) is 1.19. The van der Waals surface area contributed by atoms with Crippen LogP contribution in [0.3, 0.4) is 0 Å². The highest BCUT2D eigenvalue weighted by Gasteiger charge is 2.05. The average molecular weight is 232 g/mol. The van der Waals surface area contributed by atoms with Gasteiger partial charge in [-0.25, -0.2) is 0 Å². The number of hydrogen-bond donors (Lipinski definition) is 1. The van der Waals surface area contributed by atoms with Gasteiger partial charge in [-0.15, -0.1) is 0 Å². The first-order valence-corrected chi connectivity index (χ1v) is 5.58. The highest BCUT2D eigenvalue weighted by atomic mass is 16.5. The molecule has 4 heteroatoms. The minimum absolute atomic E-state index is 0.00373. The predicted molar refractivity (Wildman–Crippen MR) is 64.5 cm³/mol. The van der Waals surface area contributed by atoms with Gasteiger partial charge in [0.2, 0.25) is 0 Å². The second kappa shape index (κ2) is 6.54. The van der Waals surface area contributed by atoms with Crippen LogP contribution in [0.15, 0.2) is 24.3 Å². The van der Waals surface area contributed by atoms with E-state index in [0.29, 0.717) is 11.3 Å². The summed E-state index contributed by atoms with van der Waals surface area (Å²) < 4.78 is 5.29. The number of ether oxygens (including phenoxy) is 1. The Labute approximate surface area is 101 Å². The molecule has 0 bridgehead atoms. The first-order chi connectivity index (χ1) is 8.15. The molecule has 1 amide bonds. The van der Waals surface area contributed by atoms with Gasteiger partial charge in [-0.2, -0.15) is 5.26 Å². The minimum atomic E-state index is -0.135. The number of carbonyl (C=O) groups excluding carboxylic acids is 1. The molecule has 0 aliphatic carbocycles. The number of nitrogens with zero attached hydrogens (tertiary/aromatic N) is 1. The minimum Gasteiger partial charge on any atom is -0.484 e. The largest absolute Gasteiger partial charge is 0.484 e. The summed E-state index contributed by atoms with van der Waals surface area (Å²) >= 11 is 0. The Balaban J connectivity index is 2.40. The highest BCUT2D eigenvalue weighted by Crippen LogP contribution is 2.11. The number of nitrogens with one attached hydrogen (secondary N) is 1. The molecule has 1 atom stereocenters. The third-order valence-electron chi connectivity index (χ3n) is 2.37. The van der Waals surface area contributed by atoms with E-state index in [1.54, 1.807) is 24.3 Å². The molecule has 0 unspecified atom stereocenters. The van der Waals surface area contributed by atoms with E-state index in [2.05, 4.69) is 5.32 Å². The maximum Gasteiger partial charge on any atom is 0.258 e. The predicted octanol–water partition coefficient (Wildman–Crippen LogP) is 1.85. The van der Waals surface area contributed by atoms with Gasteiger partial charge in [-0.3, -0.25) is 4.79 Å². The molecule has 4 nitrogen and oxygen atoms in total. The van der Waals surface area contributed by atoms with E-state index in [1.807, 2.05) is 19.9 Å². The molecule has 1 aromatic carbocycles. The first-order valence-electron chi connectivity index (χ1n) is 5.58. The number of nitriles is 1. The average Bonchev–Trinajstić information content (AvgIpc) is 2.36. The molecule has 1 aromatic rings. The summed E-state index contributed by atoms with van der Waals surface area (Å²) in [6.45, 7) is 3.95. The van der Waals surface area contributed by atoms with Crippen molar-refractivity contribution in [1.29, 1.82) is 5.26 Å². The molecule has 0 fully saturated rings. The molecular weight excluding hydrogens is 216 g/mol. The van der Waals surface area contributed by atoms with E-state index >= 15 is 0 Å². The summed E-state index contributed by atoms with van der Waals surface area (Å²) in [5.41, 5.74) is 0.571. The number of hydrogen-bond acceptors (Lipinski definition) is 3.